The maximum atomic E-state index is 10.3. The molecule has 0 radical (unpaired) electrons. The van der Waals surface area contributed by atoms with E-state index in [1.165, 1.54) is 0 Å². The number of aromatic nitrogens is 3. The highest BCUT2D eigenvalue weighted by molar-refractivity contribution is 7.99. The number of fused-ring (bicyclic) bond motifs is 1. The SMILES string of the molecule is OC(CCCSc1ncnc2sc(-c3ccsc3)nc12)c1ccccc1. The normalized spacial score (nSPS) is 12.5. The topological polar surface area (TPSA) is 58.9 Å². The first kappa shape index (κ1) is 17.6. The summed E-state index contributed by atoms with van der Waals surface area (Å²) in [6, 6.07) is 11.9. The van der Waals surface area contributed by atoms with Gasteiger partial charge in [0.15, 0.2) is 0 Å². The van der Waals surface area contributed by atoms with Gasteiger partial charge in [-0.1, -0.05) is 41.7 Å². The molecule has 3 heterocycles. The molecule has 0 spiro atoms. The maximum Gasteiger partial charge on any atom is 0.148 e. The predicted octanol–water partition coefficient (Wildman–Crippen LogP) is 5.42. The summed E-state index contributed by atoms with van der Waals surface area (Å²) in [5.41, 5.74) is 2.99. The third kappa shape index (κ3) is 3.96. The molecule has 4 nitrogen and oxygen atoms in total. The minimum atomic E-state index is -0.410. The zero-order valence-electron chi connectivity index (χ0n) is 13.9. The molecule has 1 unspecified atom stereocenters. The molecule has 3 aromatic heterocycles. The van der Waals surface area contributed by atoms with Gasteiger partial charge in [0, 0.05) is 10.9 Å². The van der Waals surface area contributed by atoms with Crippen molar-refractivity contribution in [2.24, 2.45) is 0 Å². The molecule has 1 atom stereocenters. The van der Waals surface area contributed by atoms with Gasteiger partial charge >= 0.3 is 0 Å². The van der Waals surface area contributed by atoms with Gasteiger partial charge in [0.1, 0.15) is 26.7 Å². The molecule has 4 aromatic rings. The van der Waals surface area contributed by atoms with Gasteiger partial charge in [0.05, 0.1) is 6.10 Å². The van der Waals surface area contributed by atoms with Crippen molar-refractivity contribution in [2.75, 3.05) is 5.75 Å². The van der Waals surface area contributed by atoms with Crippen LogP contribution >= 0.6 is 34.4 Å². The van der Waals surface area contributed by atoms with Gasteiger partial charge in [-0.3, -0.25) is 0 Å². The molecular weight excluding hydrogens is 382 g/mol. The second-order valence-corrected chi connectivity index (χ2v) is 8.62. The Labute approximate surface area is 164 Å². The van der Waals surface area contributed by atoms with Crippen LogP contribution in [0.5, 0.6) is 0 Å². The summed E-state index contributed by atoms with van der Waals surface area (Å²) in [6.45, 7) is 0. The average molecular weight is 400 g/mol. The van der Waals surface area contributed by atoms with Gasteiger partial charge in [0.25, 0.3) is 0 Å². The lowest BCUT2D eigenvalue weighted by Gasteiger charge is -2.10. The first-order chi connectivity index (χ1) is 12.8. The molecule has 0 bridgehead atoms. The van der Waals surface area contributed by atoms with Crippen LogP contribution in [-0.2, 0) is 0 Å². The van der Waals surface area contributed by atoms with E-state index in [0.29, 0.717) is 0 Å². The van der Waals surface area contributed by atoms with Crippen molar-refractivity contribution in [3.63, 3.8) is 0 Å². The smallest absolute Gasteiger partial charge is 0.148 e. The lowest BCUT2D eigenvalue weighted by molar-refractivity contribution is 0.167. The van der Waals surface area contributed by atoms with Gasteiger partial charge in [-0.05, 0) is 35.6 Å². The lowest BCUT2D eigenvalue weighted by atomic mass is 10.1. The summed E-state index contributed by atoms with van der Waals surface area (Å²) in [6.07, 6.45) is 2.85. The molecule has 7 heteroatoms. The first-order valence-corrected chi connectivity index (χ1v) is 11.1. The summed E-state index contributed by atoms with van der Waals surface area (Å²) in [5.74, 6) is 0.890. The van der Waals surface area contributed by atoms with Crippen molar-refractivity contribution in [3.05, 3.63) is 59.0 Å². The number of hydrogen-bond donors (Lipinski definition) is 1. The monoisotopic (exact) mass is 399 g/mol. The zero-order valence-corrected chi connectivity index (χ0v) is 16.4. The Kier molecular flexibility index (Phi) is 5.59. The number of thioether (sulfide) groups is 1. The van der Waals surface area contributed by atoms with E-state index >= 15 is 0 Å². The molecule has 1 aromatic carbocycles. The minimum Gasteiger partial charge on any atom is -0.388 e. The predicted molar refractivity (Wildman–Crippen MR) is 110 cm³/mol. The van der Waals surface area contributed by atoms with Crippen LogP contribution in [-0.4, -0.2) is 25.8 Å². The fraction of sp³-hybridized carbons (Fsp3) is 0.211. The van der Waals surface area contributed by atoms with Gasteiger partial charge in [-0.15, -0.1) is 11.8 Å². The van der Waals surface area contributed by atoms with Crippen LogP contribution in [0.1, 0.15) is 24.5 Å². The summed E-state index contributed by atoms with van der Waals surface area (Å²) >= 11 is 4.95. The molecule has 132 valence electrons. The largest absolute Gasteiger partial charge is 0.388 e. The van der Waals surface area contributed by atoms with Crippen LogP contribution in [0.25, 0.3) is 20.9 Å². The van der Waals surface area contributed by atoms with Crippen molar-refractivity contribution in [2.45, 2.75) is 24.0 Å². The van der Waals surface area contributed by atoms with Crippen molar-refractivity contribution in [1.29, 1.82) is 0 Å². The molecule has 0 aliphatic heterocycles. The van der Waals surface area contributed by atoms with Crippen molar-refractivity contribution >= 4 is 44.8 Å². The molecule has 26 heavy (non-hydrogen) atoms. The Morgan fingerprint density at radius 2 is 2.00 bits per heavy atom. The van der Waals surface area contributed by atoms with Gasteiger partial charge in [0.2, 0.25) is 0 Å². The number of aliphatic hydroxyl groups is 1. The van der Waals surface area contributed by atoms with Crippen molar-refractivity contribution < 1.29 is 5.11 Å². The van der Waals surface area contributed by atoms with E-state index in [4.69, 9.17) is 4.98 Å². The number of thiazole rings is 1. The standard InChI is InChI=1S/C19H17N3OS3/c23-15(13-5-2-1-3-6-13)7-4-9-25-18-16-19(21-12-20-18)26-17(22-16)14-8-10-24-11-14/h1-3,5-6,8,10-12,15,23H,4,7,9H2. The highest BCUT2D eigenvalue weighted by atomic mass is 32.2. The van der Waals surface area contributed by atoms with Gasteiger partial charge in [-0.2, -0.15) is 11.3 Å². The van der Waals surface area contributed by atoms with E-state index in [1.54, 1.807) is 40.8 Å². The van der Waals surface area contributed by atoms with E-state index in [-0.39, 0.29) is 0 Å². The third-order valence-corrected chi connectivity index (χ3v) is 6.74. The van der Waals surface area contributed by atoms with Gasteiger partial charge < -0.3 is 5.11 Å². The number of aliphatic hydroxyl groups excluding tert-OH is 1. The molecule has 0 amide bonds. The minimum absolute atomic E-state index is 0.410. The van der Waals surface area contributed by atoms with Crippen LogP contribution in [0.2, 0.25) is 0 Å². The Balaban J connectivity index is 1.40. The molecule has 0 saturated heterocycles. The van der Waals surface area contributed by atoms with Crippen LogP contribution in [0.4, 0.5) is 0 Å². The van der Waals surface area contributed by atoms with E-state index in [2.05, 4.69) is 26.8 Å². The Bertz CT molecular complexity index is 970. The van der Waals surface area contributed by atoms with Crippen molar-refractivity contribution in [3.8, 4) is 10.6 Å². The van der Waals surface area contributed by atoms with Crippen LogP contribution in [0.3, 0.4) is 0 Å². The second-order valence-electron chi connectivity index (χ2n) is 5.78. The van der Waals surface area contributed by atoms with E-state index < -0.39 is 6.10 Å². The lowest BCUT2D eigenvalue weighted by Crippen LogP contribution is -1.98. The zero-order chi connectivity index (χ0) is 17.8. The summed E-state index contributed by atoms with van der Waals surface area (Å²) in [5, 5.41) is 16.3. The second kappa shape index (κ2) is 8.26. The summed E-state index contributed by atoms with van der Waals surface area (Å²) < 4.78 is 0. The molecular formula is C19H17N3OS3. The van der Waals surface area contributed by atoms with Crippen molar-refractivity contribution in [1.82, 2.24) is 15.0 Å². The highest BCUT2D eigenvalue weighted by Gasteiger charge is 2.13. The van der Waals surface area contributed by atoms with E-state index in [9.17, 15) is 5.11 Å². The van der Waals surface area contributed by atoms with Crippen LogP contribution in [0.15, 0.2) is 58.5 Å². The number of hydrogen-bond acceptors (Lipinski definition) is 7. The maximum absolute atomic E-state index is 10.3. The highest BCUT2D eigenvalue weighted by Crippen LogP contribution is 2.34. The fourth-order valence-electron chi connectivity index (χ4n) is 2.64. The molecule has 1 N–H and O–H groups in total. The number of rotatable bonds is 7. The van der Waals surface area contributed by atoms with Crippen LogP contribution < -0.4 is 0 Å². The quantitative estimate of drug-likeness (QED) is 0.255. The molecule has 4 rings (SSSR count). The molecule has 0 aliphatic rings. The molecule has 0 aliphatic carbocycles. The number of thiophene rings is 1. The fourth-order valence-corrected chi connectivity index (χ4v) is 5.22. The number of benzene rings is 1. The van der Waals surface area contributed by atoms with E-state index in [0.717, 1.165) is 50.1 Å². The number of nitrogens with zero attached hydrogens (tertiary/aromatic N) is 3. The Morgan fingerprint density at radius 3 is 2.81 bits per heavy atom. The summed E-state index contributed by atoms with van der Waals surface area (Å²) in [7, 11) is 0. The third-order valence-electron chi connectivity index (χ3n) is 3.97. The van der Waals surface area contributed by atoms with Crippen LogP contribution in [0, 0.1) is 0 Å². The summed E-state index contributed by atoms with van der Waals surface area (Å²) in [4.78, 5) is 14.4. The Hall–Kier alpha value is -1.80. The molecule has 0 fully saturated rings. The average Bonchev–Trinajstić information content (AvgIpc) is 3.35. The molecule has 0 saturated carbocycles. The first-order valence-electron chi connectivity index (χ1n) is 8.31. The van der Waals surface area contributed by atoms with E-state index in [1.807, 2.05) is 30.3 Å². The Morgan fingerprint density at radius 1 is 1.12 bits per heavy atom. The van der Waals surface area contributed by atoms with Gasteiger partial charge in [-0.25, -0.2) is 15.0 Å².